The molecule has 2 aromatic heterocycles. The van der Waals surface area contributed by atoms with Crippen LogP contribution in [0.2, 0.25) is 0 Å². The molecule has 0 amide bonds. The summed E-state index contributed by atoms with van der Waals surface area (Å²) in [4.78, 5) is 0. The van der Waals surface area contributed by atoms with Crippen molar-refractivity contribution in [2.24, 2.45) is 12.8 Å². The molecular weight excluding hydrogens is 214 g/mol. The molecule has 2 rings (SSSR count). The molecule has 92 valence electrons. The lowest BCUT2D eigenvalue weighted by atomic mass is 10.1. The van der Waals surface area contributed by atoms with E-state index in [1.807, 2.05) is 30.9 Å². The average Bonchev–Trinajstić information content (AvgIpc) is 2.84. The largest absolute Gasteiger partial charge is 0.322 e. The Hall–Kier alpha value is -1.62. The summed E-state index contributed by atoms with van der Waals surface area (Å²) in [5, 5.41) is 8.75. The second kappa shape index (κ2) is 4.71. The van der Waals surface area contributed by atoms with Crippen molar-refractivity contribution in [3.63, 3.8) is 0 Å². The average molecular weight is 233 g/mol. The zero-order valence-corrected chi connectivity index (χ0v) is 10.6. The topological polar surface area (TPSA) is 61.7 Å². The molecule has 5 heteroatoms. The van der Waals surface area contributed by atoms with Gasteiger partial charge in [0.05, 0.1) is 23.1 Å². The van der Waals surface area contributed by atoms with Gasteiger partial charge in [-0.15, -0.1) is 0 Å². The van der Waals surface area contributed by atoms with Crippen LogP contribution < -0.4 is 5.73 Å². The minimum atomic E-state index is -0.0500. The summed E-state index contributed by atoms with van der Waals surface area (Å²) in [5.74, 6) is 0. The van der Waals surface area contributed by atoms with Crippen LogP contribution >= 0.6 is 0 Å². The number of aromatic nitrogens is 4. The summed E-state index contributed by atoms with van der Waals surface area (Å²) in [6, 6.07) is 4.00. The van der Waals surface area contributed by atoms with Gasteiger partial charge in [-0.3, -0.25) is 9.36 Å². The first-order chi connectivity index (χ1) is 8.10. The van der Waals surface area contributed by atoms with Crippen LogP contribution in [-0.2, 0) is 20.0 Å². The van der Waals surface area contributed by atoms with Gasteiger partial charge in [-0.05, 0) is 26.0 Å². The van der Waals surface area contributed by atoms with Crippen LogP contribution in [0.5, 0.6) is 0 Å². The molecule has 0 spiro atoms. The van der Waals surface area contributed by atoms with E-state index in [0.717, 1.165) is 30.0 Å². The minimum absolute atomic E-state index is 0.0500. The fourth-order valence-corrected chi connectivity index (χ4v) is 2.02. The molecule has 5 nitrogen and oxygen atoms in total. The third-order valence-electron chi connectivity index (χ3n) is 2.81. The van der Waals surface area contributed by atoms with Gasteiger partial charge in [0.15, 0.2) is 0 Å². The van der Waals surface area contributed by atoms with E-state index < -0.39 is 0 Å². The normalized spacial score (nSPS) is 12.9. The second-order valence-electron chi connectivity index (χ2n) is 4.32. The number of nitrogens with zero attached hydrogens (tertiary/aromatic N) is 4. The first-order valence-electron chi connectivity index (χ1n) is 5.88. The summed E-state index contributed by atoms with van der Waals surface area (Å²) >= 11 is 0. The van der Waals surface area contributed by atoms with Crippen LogP contribution in [0.4, 0.5) is 0 Å². The molecule has 0 aliphatic rings. The van der Waals surface area contributed by atoms with E-state index >= 15 is 0 Å². The fraction of sp³-hybridized carbons (Fsp3) is 0.500. The molecule has 1 unspecified atom stereocenters. The SMILES string of the molecule is CCn1nc(C)cc1C(N)Cc1ccn(C)n1. The molecule has 0 bridgehead atoms. The van der Waals surface area contributed by atoms with Crippen LogP contribution in [0.1, 0.15) is 30.0 Å². The highest BCUT2D eigenvalue weighted by Gasteiger charge is 2.14. The Bertz CT molecular complexity index is 497. The van der Waals surface area contributed by atoms with Crippen molar-refractivity contribution in [1.82, 2.24) is 19.6 Å². The maximum Gasteiger partial charge on any atom is 0.0643 e. The van der Waals surface area contributed by atoms with Crippen LogP contribution in [0, 0.1) is 6.92 Å². The number of aryl methyl sites for hydroxylation is 3. The Morgan fingerprint density at radius 2 is 2.18 bits per heavy atom. The molecule has 2 heterocycles. The molecule has 0 aliphatic heterocycles. The van der Waals surface area contributed by atoms with E-state index in [1.165, 1.54) is 0 Å². The summed E-state index contributed by atoms with van der Waals surface area (Å²) in [7, 11) is 1.91. The van der Waals surface area contributed by atoms with E-state index in [4.69, 9.17) is 5.73 Å². The van der Waals surface area contributed by atoms with E-state index in [0.29, 0.717) is 0 Å². The molecule has 0 aliphatic carbocycles. The van der Waals surface area contributed by atoms with E-state index in [-0.39, 0.29) is 6.04 Å². The molecule has 0 radical (unpaired) electrons. The van der Waals surface area contributed by atoms with Gasteiger partial charge < -0.3 is 5.73 Å². The first kappa shape index (κ1) is 11.9. The van der Waals surface area contributed by atoms with Crippen LogP contribution in [0.3, 0.4) is 0 Å². The van der Waals surface area contributed by atoms with Gasteiger partial charge in [-0.1, -0.05) is 0 Å². The minimum Gasteiger partial charge on any atom is -0.322 e. The number of hydrogen-bond acceptors (Lipinski definition) is 3. The van der Waals surface area contributed by atoms with Crippen molar-refractivity contribution < 1.29 is 0 Å². The van der Waals surface area contributed by atoms with Crippen molar-refractivity contribution in [2.75, 3.05) is 0 Å². The van der Waals surface area contributed by atoms with Crippen molar-refractivity contribution in [2.45, 2.75) is 32.9 Å². The van der Waals surface area contributed by atoms with Gasteiger partial charge in [0.2, 0.25) is 0 Å². The molecule has 2 N–H and O–H groups in total. The molecule has 17 heavy (non-hydrogen) atoms. The van der Waals surface area contributed by atoms with E-state index in [2.05, 4.69) is 23.2 Å². The number of hydrogen-bond donors (Lipinski definition) is 1. The fourth-order valence-electron chi connectivity index (χ4n) is 2.02. The van der Waals surface area contributed by atoms with Gasteiger partial charge in [0.25, 0.3) is 0 Å². The van der Waals surface area contributed by atoms with Gasteiger partial charge >= 0.3 is 0 Å². The van der Waals surface area contributed by atoms with Crippen molar-refractivity contribution >= 4 is 0 Å². The smallest absolute Gasteiger partial charge is 0.0643 e. The molecule has 0 fully saturated rings. The van der Waals surface area contributed by atoms with Crippen molar-refractivity contribution in [1.29, 1.82) is 0 Å². The maximum atomic E-state index is 6.22. The lowest BCUT2D eigenvalue weighted by molar-refractivity contribution is 0.560. The molecule has 1 atom stereocenters. The third kappa shape index (κ3) is 2.55. The van der Waals surface area contributed by atoms with Crippen LogP contribution in [-0.4, -0.2) is 19.6 Å². The Balaban J connectivity index is 2.16. The highest BCUT2D eigenvalue weighted by atomic mass is 15.3. The molecule has 2 aromatic rings. The van der Waals surface area contributed by atoms with Gasteiger partial charge in [-0.2, -0.15) is 10.2 Å². The molecule has 0 saturated heterocycles. The highest BCUT2D eigenvalue weighted by Crippen LogP contribution is 2.16. The first-order valence-corrected chi connectivity index (χ1v) is 5.88. The predicted octanol–water partition coefficient (Wildman–Crippen LogP) is 1.19. The molecule has 0 saturated carbocycles. The number of rotatable bonds is 4. The Morgan fingerprint density at radius 1 is 1.41 bits per heavy atom. The Morgan fingerprint density at radius 3 is 2.76 bits per heavy atom. The van der Waals surface area contributed by atoms with Crippen LogP contribution in [0.15, 0.2) is 18.3 Å². The highest BCUT2D eigenvalue weighted by molar-refractivity contribution is 5.15. The van der Waals surface area contributed by atoms with Gasteiger partial charge in [0.1, 0.15) is 0 Å². The summed E-state index contributed by atoms with van der Waals surface area (Å²) in [5.41, 5.74) is 9.32. The van der Waals surface area contributed by atoms with Gasteiger partial charge in [0, 0.05) is 26.2 Å². The predicted molar refractivity (Wildman–Crippen MR) is 66.5 cm³/mol. The quantitative estimate of drug-likeness (QED) is 0.862. The Labute approximate surface area is 101 Å². The second-order valence-corrected chi connectivity index (χ2v) is 4.32. The third-order valence-corrected chi connectivity index (χ3v) is 2.81. The Kier molecular flexibility index (Phi) is 3.28. The zero-order chi connectivity index (χ0) is 12.4. The zero-order valence-electron chi connectivity index (χ0n) is 10.6. The number of nitrogens with two attached hydrogens (primary N) is 1. The van der Waals surface area contributed by atoms with Crippen molar-refractivity contribution in [3.8, 4) is 0 Å². The molecular formula is C12H19N5. The van der Waals surface area contributed by atoms with Crippen molar-refractivity contribution in [3.05, 3.63) is 35.4 Å². The van der Waals surface area contributed by atoms with Gasteiger partial charge in [-0.25, -0.2) is 0 Å². The molecule has 0 aromatic carbocycles. The summed E-state index contributed by atoms with van der Waals surface area (Å²) in [6.45, 7) is 4.91. The lowest BCUT2D eigenvalue weighted by Gasteiger charge is -2.11. The maximum absolute atomic E-state index is 6.22. The van der Waals surface area contributed by atoms with Crippen LogP contribution in [0.25, 0.3) is 0 Å². The lowest BCUT2D eigenvalue weighted by Crippen LogP contribution is -2.18. The summed E-state index contributed by atoms with van der Waals surface area (Å²) < 4.78 is 3.76. The monoisotopic (exact) mass is 233 g/mol. The van der Waals surface area contributed by atoms with E-state index in [1.54, 1.807) is 4.68 Å². The van der Waals surface area contributed by atoms with E-state index in [9.17, 15) is 0 Å². The standard InChI is InChI=1S/C12H19N5/c1-4-17-12(7-9(2)14-17)11(13)8-10-5-6-16(3)15-10/h5-7,11H,4,8,13H2,1-3H3. The summed E-state index contributed by atoms with van der Waals surface area (Å²) in [6.07, 6.45) is 2.68.